The first-order valence-corrected chi connectivity index (χ1v) is 9.26. The molecule has 27 heavy (non-hydrogen) atoms. The lowest BCUT2D eigenvalue weighted by molar-refractivity contribution is -0.385. The lowest BCUT2D eigenvalue weighted by Crippen LogP contribution is -2.07. The quantitative estimate of drug-likeness (QED) is 0.493. The summed E-state index contributed by atoms with van der Waals surface area (Å²) in [6.07, 6.45) is 0. The van der Waals surface area contributed by atoms with E-state index in [0.717, 1.165) is 0 Å². The average Bonchev–Trinajstić information content (AvgIpc) is 2.66. The van der Waals surface area contributed by atoms with Crippen molar-refractivity contribution in [1.82, 2.24) is 0 Å². The molecule has 10 heteroatoms. The van der Waals surface area contributed by atoms with Gasteiger partial charge in [0.1, 0.15) is 0 Å². The van der Waals surface area contributed by atoms with Gasteiger partial charge in [-0.15, -0.1) is 0 Å². The molecule has 0 atom stereocenters. The van der Waals surface area contributed by atoms with Crippen molar-refractivity contribution in [2.24, 2.45) is 0 Å². The molecule has 0 spiro atoms. The Labute approximate surface area is 156 Å². The zero-order valence-corrected chi connectivity index (χ0v) is 16.0. The van der Waals surface area contributed by atoms with Gasteiger partial charge in [0.05, 0.1) is 44.0 Å². The Morgan fingerprint density at radius 3 is 1.89 bits per heavy atom. The molecule has 0 aliphatic heterocycles. The number of nitrogens with zero attached hydrogens (tertiary/aromatic N) is 1. The van der Waals surface area contributed by atoms with Crippen molar-refractivity contribution in [3.63, 3.8) is 0 Å². The number of hydrogen-bond acceptors (Lipinski definition) is 8. The lowest BCUT2D eigenvalue weighted by atomic mass is 10.2. The molecule has 2 aromatic rings. The van der Waals surface area contributed by atoms with Gasteiger partial charge in [0.15, 0.2) is 27.1 Å². The van der Waals surface area contributed by atoms with Crippen molar-refractivity contribution in [2.45, 2.75) is 10.6 Å². The first-order chi connectivity index (χ1) is 12.8. The smallest absolute Gasteiger partial charge is 0.311 e. The molecule has 0 bridgehead atoms. The number of ether oxygens (including phenoxy) is 4. The van der Waals surface area contributed by atoms with Crippen LogP contribution >= 0.6 is 0 Å². The van der Waals surface area contributed by atoms with Gasteiger partial charge in [0.25, 0.3) is 0 Å². The van der Waals surface area contributed by atoms with Crippen LogP contribution in [-0.4, -0.2) is 41.8 Å². The number of methoxy groups -OCH3 is 4. The normalized spacial score (nSPS) is 11.0. The molecule has 0 saturated heterocycles. The fourth-order valence-corrected chi connectivity index (χ4v) is 3.87. The molecule has 2 aromatic carbocycles. The lowest BCUT2D eigenvalue weighted by Gasteiger charge is -2.14. The second-order valence-corrected chi connectivity index (χ2v) is 7.37. The van der Waals surface area contributed by atoms with Gasteiger partial charge in [-0.25, -0.2) is 8.42 Å². The Morgan fingerprint density at radius 2 is 1.44 bits per heavy atom. The first kappa shape index (κ1) is 20.3. The molecule has 2 rings (SSSR count). The predicted molar refractivity (Wildman–Crippen MR) is 96.6 cm³/mol. The fourth-order valence-electron chi connectivity index (χ4n) is 2.51. The number of rotatable bonds is 8. The highest BCUT2D eigenvalue weighted by atomic mass is 32.2. The summed E-state index contributed by atoms with van der Waals surface area (Å²) in [6, 6.07) is 6.62. The molecule has 0 aliphatic rings. The zero-order chi connectivity index (χ0) is 20.2. The molecule has 0 saturated carbocycles. The van der Waals surface area contributed by atoms with Gasteiger partial charge in [0.2, 0.25) is 5.75 Å². The number of nitro groups is 1. The summed E-state index contributed by atoms with van der Waals surface area (Å²) >= 11 is 0. The van der Waals surface area contributed by atoms with E-state index in [1.807, 2.05) is 0 Å². The second-order valence-electron chi connectivity index (χ2n) is 5.38. The maximum atomic E-state index is 12.8. The molecule has 0 unspecified atom stereocenters. The van der Waals surface area contributed by atoms with Crippen LogP contribution in [0.5, 0.6) is 23.0 Å². The average molecular weight is 397 g/mol. The van der Waals surface area contributed by atoms with E-state index < -0.39 is 20.5 Å². The van der Waals surface area contributed by atoms with Gasteiger partial charge in [-0.1, -0.05) is 6.07 Å². The van der Waals surface area contributed by atoms with Crippen LogP contribution in [0.1, 0.15) is 5.56 Å². The number of sulfone groups is 1. The van der Waals surface area contributed by atoms with Crippen LogP contribution in [-0.2, 0) is 15.6 Å². The van der Waals surface area contributed by atoms with Crippen LogP contribution in [0.3, 0.4) is 0 Å². The van der Waals surface area contributed by atoms with E-state index in [0.29, 0.717) is 0 Å². The van der Waals surface area contributed by atoms with Crippen LogP contribution < -0.4 is 18.9 Å². The molecule has 9 nitrogen and oxygen atoms in total. The third kappa shape index (κ3) is 4.22. The van der Waals surface area contributed by atoms with Crippen LogP contribution in [0.25, 0.3) is 0 Å². The molecular weight excluding hydrogens is 378 g/mol. The van der Waals surface area contributed by atoms with Crippen LogP contribution in [0, 0.1) is 10.1 Å². The Balaban J connectivity index is 2.48. The van der Waals surface area contributed by atoms with Crippen LogP contribution in [0.2, 0.25) is 0 Å². The molecule has 0 heterocycles. The predicted octanol–water partition coefficient (Wildman–Crippen LogP) is 2.60. The summed E-state index contributed by atoms with van der Waals surface area (Å²) in [5, 5.41) is 11.1. The van der Waals surface area contributed by atoms with Crippen molar-refractivity contribution in [3.05, 3.63) is 46.0 Å². The maximum absolute atomic E-state index is 12.8. The summed E-state index contributed by atoms with van der Waals surface area (Å²) in [5.74, 6) is 0.247. The number of benzene rings is 2. The summed E-state index contributed by atoms with van der Waals surface area (Å²) in [6.45, 7) is 0. The Kier molecular flexibility index (Phi) is 6.11. The van der Waals surface area contributed by atoms with E-state index >= 15 is 0 Å². The minimum atomic E-state index is -3.84. The van der Waals surface area contributed by atoms with E-state index in [4.69, 9.17) is 18.9 Å². The standard InChI is InChI=1S/C17H19NO8S/c1-23-14-6-5-11(7-13(14)18(19)20)10-27(21,22)12-8-15(24-2)17(26-4)16(9-12)25-3/h5-9H,10H2,1-4H3. The summed E-state index contributed by atoms with van der Waals surface area (Å²) in [4.78, 5) is 10.4. The van der Waals surface area contributed by atoms with Crippen molar-refractivity contribution >= 4 is 15.5 Å². The Hall–Kier alpha value is -3.01. The van der Waals surface area contributed by atoms with Gasteiger partial charge < -0.3 is 18.9 Å². The number of nitro benzene ring substituents is 1. The summed E-state index contributed by atoms with van der Waals surface area (Å²) < 4.78 is 46.1. The third-order valence-corrected chi connectivity index (χ3v) is 5.46. The highest BCUT2D eigenvalue weighted by molar-refractivity contribution is 7.90. The van der Waals surface area contributed by atoms with Gasteiger partial charge >= 0.3 is 5.69 Å². The molecular formula is C17H19NO8S. The number of hydrogen-bond donors (Lipinski definition) is 0. The molecule has 0 amide bonds. The monoisotopic (exact) mass is 397 g/mol. The van der Waals surface area contributed by atoms with Crippen LogP contribution in [0.4, 0.5) is 5.69 Å². The maximum Gasteiger partial charge on any atom is 0.311 e. The zero-order valence-electron chi connectivity index (χ0n) is 15.2. The molecule has 0 fully saturated rings. The minimum Gasteiger partial charge on any atom is -0.493 e. The van der Waals surface area contributed by atoms with E-state index in [2.05, 4.69) is 0 Å². The highest BCUT2D eigenvalue weighted by Gasteiger charge is 2.24. The molecule has 0 radical (unpaired) electrons. The van der Waals surface area contributed by atoms with E-state index in [1.165, 1.54) is 58.8 Å². The SMILES string of the molecule is COc1ccc(CS(=O)(=O)c2cc(OC)c(OC)c(OC)c2)cc1[N+](=O)[O-]. The first-order valence-electron chi connectivity index (χ1n) is 7.61. The second kappa shape index (κ2) is 8.12. The van der Waals surface area contributed by atoms with Crippen molar-refractivity contribution in [2.75, 3.05) is 28.4 Å². The van der Waals surface area contributed by atoms with Gasteiger partial charge in [-0.2, -0.15) is 0 Å². The van der Waals surface area contributed by atoms with Gasteiger partial charge in [0, 0.05) is 18.2 Å². The van der Waals surface area contributed by atoms with Crippen molar-refractivity contribution in [3.8, 4) is 23.0 Å². The summed E-state index contributed by atoms with van der Waals surface area (Å²) in [5.41, 5.74) is -0.0636. The van der Waals surface area contributed by atoms with Gasteiger partial charge in [-0.05, 0) is 11.6 Å². The largest absolute Gasteiger partial charge is 0.493 e. The third-order valence-electron chi connectivity index (χ3n) is 3.79. The topological polar surface area (TPSA) is 114 Å². The molecule has 0 aliphatic carbocycles. The van der Waals surface area contributed by atoms with E-state index in [1.54, 1.807) is 0 Å². The van der Waals surface area contributed by atoms with Crippen LogP contribution in [0.15, 0.2) is 35.2 Å². The molecule has 146 valence electrons. The molecule has 0 N–H and O–H groups in total. The fraction of sp³-hybridized carbons (Fsp3) is 0.294. The highest BCUT2D eigenvalue weighted by Crippen LogP contribution is 2.40. The minimum absolute atomic E-state index is 0.0499. The van der Waals surface area contributed by atoms with Gasteiger partial charge in [-0.3, -0.25) is 10.1 Å². The van der Waals surface area contributed by atoms with Crippen molar-refractivity contribution in [1.29, 1.82) is 0 Å². The van der Waals surface area contributed by atoms with E-state index in [-0.39, 0.29) is 39.1 Å². The van der Waals surface area contributed by atoms with Crippen molar-refractivity contribution < 1.29 is 32.3 Å². The Morgan fingerprint density at radius 1 is 0.889 bits per heavy atom. The van der Waals surface area contributed by atoms with E-state index in [9.17, 15) is 18.5 Å². The summed E-state index contributed by atoms with van der Waals surface area (Å²) in [7, 11) is 1.61. The molecule has 0 aromatic heterocycles. The Bertz CT molecular complexity index is 930.